The highest BCUT2D eigenvalue weighted by molar-refractivity contribution is 5.84. The standard InChI is InChI=1S/C24H21F4N5O2/c1-34-16-3-5-19-20(13-16)33(21-6-9-29-23(32-21)30-15-7-10-35-11-8-15)22(31-19)14-2-4-18(25)17(12-14)24(26,27)28/h2-6,9,12-13,15H,7-8,10-11H2,1H3,(H,29,30,32). The summed E-state index contributed by atoms with van der Waals surface area (Å²) in [5.74, 6) is 0.123. The lowest BCUT2D eigenvalue weighted by Crippen LogP contribution is -2.28. The number of anilines is 1. The molecule has 0 saturated carbocycles. The Balaban J connectivity index is 1.66. The van der Waals surface area contributed by atoms with E-state index in [1.807, 2.05) is 0 Å². The number of aromatic nitrogens is 4. The molecule has 35 heavy (non-hydrogen) atoms. The quantitative estimate of drug-likeness (QED) is 0.388. The molecule has 7 nitrogen and oxygen atoms in total. The van der Waals surface area contributed by atoms with Crippen LogP contribution in [0.2, 0.25) is 0 Å². The van der Waals surface area contributed by atoms with E-state index in [1.165, 1.54) is 13.2 Å². The molecule has 2 aromatic carbocycles. The fraction of sp³-hybridized carbons (Fsp3) is 0.292. The molecule has 1 saturated heterocycles. The van der Waals surface area contributed by atoms with Gasteiger partial charge in [0.2, 0.25) is 5.95 Å². The Morgan fingerprint density at radius 3 is 2.60 bits per heavy atom. The molecular formula is C24H21F4N5O2. The predicted octanol–water partition coefficient (Wildman–Crippen LogP) is 5.24. The van der Waals surface area contributed by atoms with E-state index in [0.717, 1.165) is 25.0 Å². The van der Waals surface area contributed by atoms with Gasteiger partial charge in [0.15, 0.2) is 0 Å². The van der Waals surface area contributed by atoms with Crippen LogP contribution >= 0.6 is 0 Å². The number of rotatable bonds is 5. The molecule has 0 unspecified atom stereocenters. The van der Waals surface area contributed by atoms with E-state index in [2.05, 4.69) is 20.3 Å². The zero-order chi connectivity index (χ0) is 24.6. The number of methoxy groups -OCH3 is 1. The molecule has 1 aliphatic rings. The molecule has 0 aliphatic carbocycles. The Morgan fingerprint density at radius 2 is 1.86 bits per heavy atom. The first-order chi connectivity index (χ1) is 16.8. The van der Waals surface area contributed by atoms with Gasteiger partial charge in [-0.2, -0.15) is 18.2 Å². The number of hydrogen-bond acceptors (Lipinski definition) is 6. The van der Waals surface area contributed by atoms with Crippen LogP contribution in [-0.4, -0.2) is 45.9 Å². The van der Waals surface area contributed by atoms with Crippen LogP contribution in [0.4, 0.5) is 23.5 Å². The van der Waals surface area contributed by atoms with Gasteiger partial charge in [0, 0.05) is 37.1 Å². The average molecular weight is 487 g/mol. The normalized spacial score (nSPS) is 14.9. The minimum atomic E-state index is -4.85. The van der Waals surface area contributed by atoms with Crippen molar-refractivity contribution in [3.05, 3.63) is 60.0 Å². The molecule has 1 aliphatic heterocycles. The topological polar surface area (TPSA) is 74.1 Å². The summed E-state index contributed by atoms with van der Waals surface area (Å²) in [6.45, 7) is 1.28. The maximum absolute atomic E-state index is 14.0. The lowest BCUT2D eigenvalue weighted by Gasteiger charge is -2.23. The van der Waals surface area contributed by atoms with Crippen LogP contribution in [0.1, 0.15) is 18.4 Å². The Bertz CT molecular complexity index is 1370. The second-order valence-electron chi connectivity index (χ2n) is 8.09. The number of hydrogen-bond donors (Lipinski definition) is 1. The number of benzene rings is 2. The van der Waals surface area contributed by atoms with Gasteiger partial charge in [0.1, 0.15) is 23.2 Å². The first-order valence-electron chi connectivity index (χ1n) is 10.9. The van der Waals surface area contributed by atoms with Crippen molar-refractivity contribution in [1.29, 1.82) is 0 Å². The zero-order valence-corrected chi connectivity index (χ0v) is 18.6. The number of nitrogens with one attached hydrogen (secondary N) is 1. The molecular weight excluding hydrogens is 466 g/mol. The second kappa shape index (κ2) is 9.14. The maximum atomic E-state index is 14.0. The highest BCUT2D eigenvalue weighted by Crippen LogP contribution is 2.36. The molecule has 3 heterocycles. The number of imidazole rings is 1. The van der Waals surface area contributed by atoms with E-state index in [1.54, 1.807) is 35.0 Å². The van der Waals surface area contributed by atoms with Gasteiger partial charge < -0.3 is 14.8 Å². The fourth-order valence-electron chi connectivity index (χ4n) is 4.06. The second-order valence-corrected chi connectivity index (χ2v) is 8.09. The van der Waals surface area contributed by atoms with Crippen LogP contribution in [0.15, 0.2) is 48.7 Å². The Morgan fingerprint density at radius 1 is 1.06 bits per heavy atom. The summed E-state index contributed by atoms with van der Waals surface area (Å²) >= 11 is 0. The van der Waals surface area contributed by atoms with Gasteiger partial charge in [0.25, 0.3) is 0 Å². The van der Waals surface area contributed by atoms with Crippen LogP contribution in [0.25, 0.3) is 28.2 Å². The van der Waals surface area contributed by atoms with Gasteiger partial charge in [-0.1, -0.05) is 0 Å². The molecule has 0 spiro atoms. The Hall–Kier alpha value is -3.73. The van der Waals surface area contributed by atoms with Gasteiger partial charge >= 0.3 is 6.18 Å². The van der Waals surface area contributed by atoms with Crippen molar-refractivity contribution in [2.24, 2.45) is 0 Å². The Labute approximate surface area is 197 Å². The fourth-order valence-corrected chi connectivity index (χ4v) is 4.06. The number of fused-ring (bicyclic) bond motifs is 1. The molecule has 5 rings (SSSR count). The molecule has 0 bridgehead atoms. The van der Waals surface area contributed by atoms with E-state index < -0.39 is 17.6 Å². The van der Waals surface area contributed by atoms with Gasteiger partial charge in [-0.25, -0.2) is 14.4 Å². The lowest BCUT2D eigenvalue weighted by molar-refractivity contribution is -0.139. The number of ether oxygens (including phenoxy) is 2. The minimum absolute atomic E-state index is 0.0893. The van der Waals surface area contributed by atoms with Gasteiger partial charge in [-0.05, 0) is 49.2 Å². The molecule has 1 N–H and O–H groups in total. The van der Waals surface area contributed by atoms with E-state index in [9.17, 15) is 17.6 Å². The summed E-state index contributed by atoms with van der Waals surface area (Å²) in [6, 6.07) is 9.71. The molecule has 4 aromatic rings. The van der Waals surface area contributed by atoms with Crippen LogP contribution in [-0.2, 0) is 10.9 Å². The van der Waals surface area contributed by atoms with Gasteiger partial charge in [-0.15, -0.1) is 0 Å². The highest BCUT2D eigenvalue weighted by Gasteiger charge is 2.34. The van der Waals surface area contributed by atoms with Crippen LogP contribution in [0.5, 0.6) is 5.75 Å². The highest BCUT2D eigenvalue weighted by atomic mass is 19.4. The molecule has 1 fully saturated rings. The van der Waals surface area contributed by atoms with Crippen molar-refractivity contribution in [2.75, 3.05) is 25.6 Å². The number of nitrogens with zero attached hydrogens (tertiary/aromatic N) is 4. The zero-order valence-electron chi connectivity index (χ0n) is 18.6. The molecule has 182 valence electrons. The average Bonchev–Trinajstić information content (AvgIpc) is 3.23. The molecule has 2 aromatic heterocycles. The molecule has 0 amide bonds. The van der Waals surface area contributed by atoms with Gasteiger partial charge in [-0.3, -0.25) is 4.57 Å². The largest absolute Gasteiger partial charge is 0.497 e. The first-order valence-corrected chi connectivity index (χ1v) is 10.9. The molecule has 11 heteroatoms. The van der Waals surface area contributed by atoms with Crippen LogP contribution in [0.3, 0.4) is 0 Å². The molecule has 0 radical (unpaired) electrons. The SMILES string of the molecule is COc1ccc2nc(-c3ccc(F)c(C(F)(F)F)c3)n(-c3ccnc(NC4CCOCC4)n3)c2c1. The summed E-state index contributed by atoms with van der Waals surface area (Å²) in [7, 11) is 1.51. The lowest BCUT2D eigenvalue weighted by atomic mass is 10.1. The summed E-state index contributed by atoms with van der Waals surface area (Å²) in [5.41, 5.74) is -0.202. The van der Waals surface area contributed by atoms with Crippen LogP contribution < -0.4 is 10.1 Å². The van der Waals surface area contributed by atoms with Crippen LogP contribution in [0, 0.1) is 5.82 Å². The Kier molecular flexibility index (Phi) is 6.01. The molecule has 0 atom stereocenters. The van der Waals surface area contributed by atoms with Crippen molar-refractivity contribution in [3.8, 4) is 23.0 Å². The first kappa shape index (κ1) is 23.0. The summed E-state index contributed by atoms with van der Waals surface area (Å²) in [5, 5.41) is 3.29. The van der Waals surface area contributed by atoms with E-state index in [4.69, 9.17) is 9.47 Å². The van der Waals surface area contributed by atoms with Gasteiger partial charge in [0.05, 0.1) is 23.7 Å². The predicted molar refractivity (Wildman–Crippen MR) is 121 cm³/mol. The summed E-state index contributed by atoms with van der Waals surface area (Å²) in [4.78, 5) is 13.5. The van der Waals surface area contributed by atoms with E-state index in [-0.39, 0.29) is 17.4 Å². The third-order valence-electron chi connectivity index (χ3n) is 5.82. The van der Waals surface area contributed by atoms with E-state index in [0.29, 0.717) is 41.8 Å². The smallest absolute Gasteiger partial charge is 0.419 e. The van der Waals surface area contributed by atoms with Crippen molar-refractivity contribution in [2.45, 2.75) is 25.1 Å². The maximum Gasteiger partial charge on any atom is 0.419 e. The van der Waals surface area contributed by atoms with Crippen molar-refractivity contribution < 1.29 is 27.0 Å². The summed E-state index contributed by atoms with van der Waals surface area (Å²) in [6.07, 6.45) is -1.68. The van der Waals surface area contributed by atoms with Crippen molar-refractivity contribution in [1.82, 2.24) is 19.5 Å². The number of alkyl halides is 3. The monoisotopic (exact) mass is 487 g/mol. The minimum Gasteiger partial charge on any atom is -0.497 e. The van der Waals surface area contributed by atoms with Crippen molar-refractivity contribution >= 4 is 17.0 Å². The third kappa shape index (κ3) is 4.63. The van der Waals surface area contributed by atoms with Crippen molar-refractivity contribution in [3.63, 3.8) is 0 Å². The van der Waals surface area contributed by atoms with E-state index >= 15 is 0 Å². The third-order valence-corrected chi connectivity index (χ3v) is 5.82. The summed E-state index contributed by atoms with van der Waals surface area (Å²) < 4.78 is 66.6. The number of halogens is 4.